The Bertz CT molecular complexity index is 558. The number of likely N-dealkylation sites (N-methyl/N-ethyl adjacent to an activating group) is 1. The third-order valence-corrected chi connectivity index (χ3v) is 5.91. The van der Waals surface area contributed by atoms with Gasteiger partial charge in [-0.1, -0.05) is 6.42 Å². The van der Waals surface area contributed by atoms with E-state index in [9.17, 15) is 8.42 Å². The maximum atomic E-state index is 12.3. The van der Waals surface area contributed by atoms with Gasteiger partial charge in [0.25, 0.3) is 0 Å². The summed E-state index contributed by atoms with van der Waals surface area (Å²) in [4.78, 5) is 2.30. The molecule has 0 aliphatic carbocycles. The highest BCUT2D eigenvalue weighted by atomic mass is 79.9. The molecule has 0 saturated carbocycles. The summed E-state index contributed by atoms with van der Waals surface area (Å²) in [6.45, 7) is 1.59. The maximum absolute atomic E-state index is 12.3. The Morgan fingerprint density at radius 3 is 2.90 bits per heavy atom. The number of piperidine rings is 1. The summed E-state index contributed by atoms with van der Waals surface area (Å²) < 4.78 is 32.6. The minimum atomic E-state index is -3.58. The fraction of sp³-hybridized carbons (Fsp3) is 0.667. The number of hydrogen-bond donors (Lipinski definition) is 2. The van der Waals surface area contributed by atoms with E-state index in [2.05, 4.69) is 25.6 Å². The first-order valence-corrected chi connectivity index (χ1v) is 8.90. The quantitative estimate of drug-likeness (QED) is 0.819. The fourth-order valence-electron chi connectivity index (χ4n) is 2.37. The van der Waals surface area contributed by atoms with Crippen molar-refractivity contribution in [3.63, 3.8) is 0 Å². The van der Waals surface area contributed by atoms with E-state index in [0.717, 1.165) is 19.4 Å². The van der Waals surface area contributed by atoms with Gasteiger partial charge >= 0.3 is 0 Å². The highest BCUT2D eigenvalue weighted by molar-refractivity contribution is 9.10. The summed E-state index contributed by atoms with van der Waals surface area (Å²) in [5.74, 6) is 0.437. The van der Waals surface area contributed by atoms with Crippen molar-refractivity contribution < 1.29 is 12.8 Å². The highest BCUT2D eigenvalue weighted by Crippen LogP contribution is 2.26. The summed E-state index contributed by atoms with van der Waals surface area (Å²) >= 11 is 3.12. The smallest absolute Gasteiger partial charge is 0.245 e. The lowest BCUT2D eigenvalue weighted by molar-refractivity contribution is 0.187. The number of halogens is 1. The van der Waals surface area contributed by atoms with Crippen LogP contribution in [-0.2, 0) is 16.6 Å². The second-order valence-electron chi connectivity index (χ2n) is 5.04. The highest BCUT2D eigenvalue weighted by Gasteiger charge is 2.25. The van der Waals surface area contributed by atoms with Crippen LogP contribution >= 0.6 is 15.9 Å². The first-order valence-electron chi connectivity index (χ1n) is 6.62. The first-order chi connectivity index (χ1) is 9.44. The van der Waals surface area contributed by atoms with Gasteiger partial charge in [0.05, 0.1) is 6.54 Å². The van der Waals surface area contributed by atoms with E-state index in [-0.39, 0.29) is 22.2 Å². The molecule has 0 bridgehead atoms. The van der Waals surface area contributed by atoms with Gasteiger partial charge in [0, 0.05) is 18.7 Å². The standard InChI is InChI=1S/C12H20BrN3O3S/c1-16-5-3-2-4-9(16)8-15-20(17,18)11-6-10(7-14)19-12(11)13/h6,9,15H,2-5,7-8,14H2,1H3. The van der Waals surface area contributed by atoms with E-state index < -0.39 is 10.0 Å². The average molecular weight is 366 g/mol. The molecule has 2 heterocycles. The molecule has 114 valence electrons. The second-order valence-corrected chi connectivity index (χ2v) is 7.49. The molecule has 0 aromatic carbocycles. The van der Waals surface area contributed by atoms with Crippen LogP contribution in [0.25, 0.3) is 0 Å². The van der Waals surface area contributed by atoms with Crippen LogP contribution in [0.4, 0.5) is 0 Å². The third kappa shape index (κ3) is 3.62. The van der Waals surface area contributed by atoms with Crippen molar-refractivity contribution in [1.29, 1.82) is 0 Å². The summed E-state index contributed by atoms with van der Waals surface area (Å²) in [6.07, 6.45) is 3.33. The van der Waals surface area contributed by atoms with Gasteiger partial charge in [-0.25, -0.2) is 13.1 Å². The van der Waals surface area contributed by atoms with Crippen molar-refractivity contribution in [3.05, 3.63) is 16.5 Å². The number of hydrogen-bond acceptors (Lipinski definition) is 5. The van der Waals surface area contributed by atoms with Crippen LogP contribution in [0.15, 0.2) is 20.0 Å². The molecule has 0 amide bonds. The van der Waals surface area contributed by atoms with Crippen LogP contribution in [0.5, 0.6) is 0 Å². The molecule has 1 aromatic heterocycles. The van der Waals surface area contributed by atoms with E-state index in [1.807, 2.05) is 7.05 Å². The topological polar surface area (TPSA) is 88.6 Å². The summed E-state index contributed by atoms with van der Waals surface area (Å²) in [7, 11) is -1.55. The number of rotatable bonds is 5. The Morgan fingerprint density at radius 2 is 2.30 bits per heavy atom. The molecule has 20 heavy (non-hydrogen) atoms. The summed E-state index contributed by atoms with van der Waals surface area (Å²) in [6, 6.07) is 1.70. The molecule has 2 rings (SSSR count). The number of nitrogens with one attached hydrogen (secondary N) is 1. The molecule has 1 atom stereocenters. The Balaban J connectivity index is 2.05. The fourth-order valence-corrected chi connectivity index (χ4v) is 4.44. The van der Waals surface area contributed by atoms with Crippen molar-refractivity contribution in [2.24, 2.45) is 5.73 Å². The number of nitrogens with two attached hydrogens (primary N) is 1. The molecule has 1 unspecified atom stereocenters. The minimum absolute atomic E-state index is 0.108. The Morgan fingerprint density at radius 1 is 1.55 bits per heavy atom. The van der Waals surface area contributed by atoms with Crippen molar-refractivity contribution in [2.45, 2.75) is 36.7 Å². The van der Waals surface area contributed by atoms with Crippen molar-refractivity contribution in [3.8, 4) is 0 Å². The van der Waals surface area contributed by atoms with Gasteiger partial charge in [0.15, 0.2) is 4.67 Å². The van der Waals surface area contributed by atoms with Crippen LogP contribution in [0, 0.1) is 0 Å². The lowest BCUT2D eigenvalue weighted by atomic mass is 10.0. The monoisotopic (exact) mass is 365 g/mol. The predicted octanol–water partition coefficient (Wildman–Crippen LogP) is 1.26. The molecule has 0 radical (unpaired) electrons. The van der Waals surface area contributed by atoms with Gasteiger partial charge < -0.3 is 15.1 Å². The Hall–Kier alpha value is -0.410. The van der Waals surface area contributed by atoms with Crippen LogP contribution in [0.2, 0.25) is 0 Å². The van der Waals surface area contributed by atoms with Gasteiger partial charge in [-0.15, -0.1) is 0 Å². The molecule has 6 nitrogen and oxygen atoms in total. The normalized spacial score (nSPS) is 21.2. The average Bonchev–Trinajstić information content (AvgIpc) is 2.80. The van der Waals surface area contributed by atoms with Gasteiger partial charge in [-0.3, -0.25) is 0 Å². The van der Waals surface area contributed by atoms with Gasteiger partial charge in [0.2, 0.25) is 10.0 Å². The molecular weight excluding hydrogens is 346 g/mol. The lowest BCUT2D eigenvalue weighted by Crippen LogP contribution is -2.44. The molecule has 0 spiro atoms. The van der Waals surface area contributed by atoms with Crippen LogP contribution in [0.1, 0.15) is 25.0 Å². The minimum Gasteiger partial charge on any atom is -0.452 e. The van der Waals surface area contributed by atoms with Gasteiger partial charge in [-0.05, 0) is 42.4 Å². The molecule has 1 aliphatic heterocycles. The van der Waals surface area contributed by atoms with E-state index in [0.29, 0.717) is 12.3 Å². The molecule has 1 aromatic rings. The molecule has 1 saturated heterocycles. The Kier molecular flexibility index (Phi) is 5.25. The molecular formula is C12H20BrN3O3S. The zero-order valence-corrected chi connectivity index (χ0v) is 13.8. The zero-order chi connectivity index (χ0) is 14.8. The molecule has 3 N–H and O–H groups in total. The predicted molar refractivity (Wildman–Crippen MR) is 79.8 cm³/mol. The van der Waals surface area contributed by atoms with Crippen molar-refractivity contribution >= 4 is 26.0 Å². The van der Waals surface area contributed by atoms with Gasteiger partial charge in [0.1, 0.15) is 10.7 Å². The second kappa shape index (κ2) is 6.57. The summed E-state index contributed by atoms with van der Waals surface area (Å²) in [5.41, 5.74) is 5.45. The third-order valence-electron chi connectivity index (χ3n) is 3.63. The number of furan rings is 1. The van der Waals surface area contributed by atoms with E-state index in [1.165, 1.54) is 12.5 Å². The maximum Gasteiger partial charge on any atom is 0.245 e. The van der Waals surface area contributed by atoms with Crippen LogP contribution in [0.3, 0.4) is 0 Å². The number of likely N-dealkylation sites (tertiary alicyclic amines) is 1. The molecule has 8 heteroatoms. The Labute approximate surface area is 127 Å². The number of sulfonamides is 1. The van der Waals surface area contributed by atoms with Gasteiger partial charge in [-0.2, -0.15) is 0 Å². The van der Waals surface area contributed by atoms with E-state index in [1.54, 1.807) is 0 Å². The van der Waals surface area contributed by atoms with Crippen LogP contribution in [-0.4, -0.2) is 39.5 Å². The van der Waals surface area contributed by atoms with Crippen molar-refractivity contribution in [1.82, 2.24) is 9.62 Å². The first kappa shape index (κ1) is 16.0. The zero-order valence-electron chi connectivity index (χ0n) is 11.4. The largest absolute Gasteiger partial charge is 0.452 e. The SMILES string of the molecule is CN1CCCCC1CNS(=O)(=O)c1cc(CN)oc1Br. The van der Waals surface area contributed by atoms with E-state index >= 15 is 0 Å². The van der Waals surface area contributed by atoms with E-state index in [4.69, 9.17) is 10.2 Å². The van der Waals surface area contributed by atoms with Crippen LogP contribution < -0.4 is 10.5 Å². The summed E-state index contributed by atoms with van der Waals surface area (Å²) in [5, 5.41) is 0. The molecule has 1 aliphatic rings. The lowest BCUT2D eigenvalue weighted by Gasteiger charge is -2.32. The molecule has 1 fully saturated rings. The van der Waals surface area contributed by atoms with Crippen molar-refractivity contribution in [2.75, 3.05) is 20.1 Å². The number of nitrogens with zero attached hydrogens (tertiary/aromatic N) is 1.